The molecule has 152 valence electrons. The molecule has 2 N–H and O–H groups in total. The van der Waals surface area contributed by atoms with E-state index in [1.165, 1.54) is 21.7 Å². The molecule has 1 saturated heterocycles. The number of amides is 2. The van der Waals surface area contributed by atoms with Crippen LogP contribution < -0.4 is 10.7 Å². The van der Waals surface area contributed by atoms with Crippen molar-refractivity contribution in [1.29, 1.82) is 0 Å². The van der Waals surface area contributed by atoms with Crippen molar-refractivity contribution < 1.29 is 28.2 Å². The van der Waals surface area contributed by atoms with Gasteiger partial charge in [0.1, 0.15) is 5.56 Å². The van der Waals surface area contributed by atoms with Gasteiger partial charge in [0.2, 0.25) is 5.43 Å². The van der Waals surface area contributed by atoms with Crippen LogP contribution in [0.2, 0.25) is 0 Å². The molecule has 1 unspecified atom stereocenters. The number of rotatable bonds is 3. The summed E-state index contributed by atoms with van der Waals surface area (Å²) in [6, 6.07) is 3.15. The van der Waals surface area contributed by atoms with Crippen molar-refractivity contribution in [3.63, 3.8) is 0 Å². The molecule has 2 aliphatic rings. The first-order chi connectivity index (χ1) is 13.9. The number of hydrogen-bond acceptors (Lipinski definition) is 5. The summed E-state index contributed by atoms with van der Waals surface area (Å²) in [5.74, 6) is -4.23. The topological polar surface area (TPSA) is 101 Å². The molecule has 1 aromatic heterocycles. The van der Waals surface area contributed by atoms with Crippen molar-refractivity contribution in [2.75, 3.05) is 13.2 Å². The molecule has 1 atom stereocenters. The molecular weight excluding hydrogens is 388 g/mol. The molecule has 0 bridgehead atoms. The van der Waals surface area contributed by atoms with E-state index in [-0.39, 0.29) is 24.3 Å². The van der Waals surface area contributed by atoms with Crippen LogP contribution in [0.15, 0.2) is 29.2 Å². The maximum Gasteiger partial charge on any atom is 0.276 e. The lowest BCUT2D eigenvalue weighted by Gasteiger charge is -2.40. The average molecular weight is 405 g/mol. The fraction of sp³-hybridized carbons (Fsp3) is 0.316. The number of benzene rings is 1. The van der Waals surface area contributed by atoms with E-state index in [4.69, 9.17) is 4.74 Å². The lowest BCUT2D eigenvalue weighted by atomic mass is 10.1. The Morgan fingerprint density at radius 3 is 2.83 bits per heavy atom. The summed E-state index contributed by atoms with van der Waals surface area (Å²) >= 11 is 0. The average Bonchev–Trinajstić information content (AvgIpc) is 2.71. The number of carbonyl (C=O) groups excluding carboxylic acids is 2. The second kappa shape index (κ2) is 7.28. The van der Waals surface area contributed by atoms with E-state index in [0.29, 0.717) is 25.1 Å². The molecule has 29 heavy (non-hydrogen) atoms. The summed E-state index contributed by atoms with van der Waals surface area (Å²) in [6.07, 6.45) is 1.31. The molecule has 1 fully saturated rings. The zero-order chi connectivity index (χ0) is 20.7. The molecule has 3 heterocycles. The lowest BCUT2D eigenvalue weighted by molar-refractivity contribution is -0.0920. The van der Waals surface area contributed by atoms with Crippen LogP contribution in [0.3, 0.4) is 0 Å². The van der Waals surface area contributed by atoms with Crippen LogP contribution in [0.1, 0.15) is 32.8 Å². The van der Waals surface area contributed by atoms with E-state index in [2.05, 4.69) is 5.32 Å². The lowest BCUT2D eigenvalue weighted by Crippen LogP contribution is -2.53. The molecule has 2 aromatic rings. The molecule has 0 radical (unpaired) electrons. The standard InChI is InChI=1S/C19H17F2N3O5/c20-12-3-2-10(6-13(12)21)7-22-18(27)11-8-23-9-14-24(4-1-5-29-14)19(28)15(23)17(26)16(11)25/h2-3,6,8,14,26H,1,4-5,7,9H2,(H,22,27). The Bertz CT molecular complexity index is 1070. The number of nitrogens with one attached hydrogen (secondary N) is 1. The molecule has 10 heteroatoms. The number of aromatic nitrogens is 1. The van der Waals surface area contributed by atoms with Gasteiger partial charge in [-0.2, -0.15) is 0 Å². The van der Waals surface area contributed by atoms with Gasteiger partial charge in [-0.3, -0.25) is 14.4 Å². The van der Waals surface area contributed by atoms with Gasteiger partial charge in [0, 0.05) is 19.3 Å². The number of ether oxygens (including phenoxy) is 1. The van der Waals surface area contributed by atoms with E-state index in [9.17, 15) is 28.3 Å². The summed E-state index contributed by atoms with van der Waals surface area (Å²) < 4.78 is 33.2. The van der Waals surface area contributed by atoms with Crippen molar-refractivity contribution in [3.8, 4) is 5.75 Å². The summed E-state index contributed by atoms with van der Waals surface area (Å²) in [7, 11) is 0. The maximum absolute atomic E-state index is 13.3. The number of fused-ring (bicyclic) bond motifs is 2. The molecule has 2 amide bonds. The van der Waals surface area contributed by atoms with Crippen molar-refractivity contribution in [2.24, 2.45) is 0 Å². The fourth-order valence-corrected chi connectivity index (χ4v) is 3.48. The Hall–Kier alpha value is -3.27. The molecule has 8 nitrogen and oxygen atoms in total. The monoisotopic (exact) mass is 405 g/mol. The normalized spacial score (nSPS) is 18.2. The van der Waals surface area contributed by atoms with E-state index >= 15 is 0 Å². The van der Waals surface area contributed by atoms with E-state index in [1.54, 1.807) is 0 Å². The zero-order valence-electron chi connectivity index (χ0n) is 15.2. The van der Waals surface area contributed by atoms with Crippen LogP contribution in [0.4, 0.5) is 8.78 Å². The number of hydrogen-bond donors (Lipinski definition) is 2. The highest BCUT2D eigenvalue weighted by Crippen LogP contribution is 2.26. The molecule has 0 spiro atoms. The summed E-state index contributed by atoms with van der Waals surface area (Å²) in [6.45, 7) is 0.944. The maximum atomic E-state index is 13.3. The van der Waals surface area contributed by atoms with Gasteiger partial charge in [0.25, 0.3) is 11.8 Å². The zero-order valence-corrected chi connectivity index (χ0v) is 15.2. The third kappa shape index (κ3) is 3.35. The molecule has 4 rings (SSSR count). The van der Waals surface area contributed by atoms with Crippen molar-refractivity contribution >= 4 is 11.8 Å². The number of halogens is 2. The minimum absolute atomic E-state index is 0.156. The molecule has 1 aromatic carbocycles. The van der Waals surface area contributed by atoms with E-state index in [1.807, 2.05) is 0 Å². The predicted molar refractivity (Wildman–Crippen MR) is 95.3 cm³/mol. The summed E-state index contributed by atoms with van der Waals surface area (Å²) in [4.78, 5) is 39.0. The van der Waals surface area contributed by atoms with Gasteiger partial charge in [-0.05, 0) is 24.1 Å². The van der Waals surface area contributed by atoms with Gasteiger partial charge < -0.3 is 24.6 Å². The minimum Gasteiger partial charge on any atom is -0.503 e. The minimum atomic E-state index is -1.06. The number of nitrogens with zero attached hydrogens (tertiary/aromatic N) is 2. The second-order valence-electron chi connectivity index (χ2n) is 6.83. The quantitative estimate of drug-likeness (QED) is 0.793. The van der Waals surface area contributed by atoms with Crippen molar-refractivity contribution in [3.05, 3.63) is 63.1 Å². The van der Waals surface area contributed by atoms with Gasteiger partial charge in [0.15, 0.2) is 29.3 Å². The largest absolute Gasteiger partial charge is 0.503 e. The molecule has 0 aliphatic carbocycles. The Morgan fingerprint density at radius 1 is 1.28 bits per heavy atom. The number of carbonyl (C=O) groups is 2. The Kier molecular flexibility index (Phi) is 4.79. The molecule has 2 aliphatic heterocycles. The van der Waals surface area contributed by atoms with Crippen molar-refractivity contribution in [2.45, 2.75) is 25.7 Å². The van der Waals surface area contributed by atoms with Gasteiger partial charge in [-0.15, -0.1) is 0 Å². The Balaban J connectivity index is 1.60. The van der Waals surface area contributed by atoms with Gasteiger partial charge in [-0.1, -0.05) is 6.07 Å². The van der Waals surface area contributed by atoms with Crippen LogP contribution in [0, 0.1) is 11.6 Å². The molecular formula is C19H17F2N3O5. The SMILES string of the molecule is O=C(NCc1ccc(F)c(F)c1)c1cn2c(c(O)c1=O)C(=O)N1CCCOC1C2. The highest BCUT2D eigenvalue weighted by Gasteiger charge is 2.38. The van der Waals surface area contributed by atoms with Crippen molar-refractivity contribution in [1.82, 2.24) is 14.8 Å². The van der Waals surface area contributed by atoms with Crippen LogP contribution in [-0.4, -0.2) is 45.8 Å². The van der Waals surface area contributed by atoms with Crippen LogP contribution >= 0.6 is 0 Å². The Labute approximate surface area is 163 Å². The van der Waals surface area contributed by atoms with Crippen LogP contribution in [0.5, 0.6) is 5.75 Å². The van der Waals surface area contributed by atoms with Crippen LogP contribution in [0.25, 0.3) is 0 Å². The third-order valence-electron chi connectivity index (χ3n) is 4.96. The van der Waals surface area contributed by atoms with Gasteiger partial charge in [-0.25, -0.2) is 8.78 Å². The summed E-state index contributed by atoms with van der Waals surface area (Å²) in [5.41, 5.74) is -1.25. The van der Waals surface area contributed by atoms with E-state index in [0.717, 1.165) is 12.1 Å². The highest BCUT2D eigenvalue weighted by atomic mass is 19.2. The highest BCUT2D eigenvalue weighted by molar-refractivity contribution is 5.99. The predicted octanol–water partition coefficient (Wildman–Crippen LogP) is 0.964. The number of aromatic hydroxyl groups is 1. The van der Waals surface area contributed by atoms with Crippen LogP contribution in [-0.2, 0) is 17.8 Å². The van der Waals surface area contributed by atoms with E-state index < -0.39 is 40.9 Å². The molecule has 0 saturated carbocycles. The first kappa shape index (κ1) is 19.1. The van der Waals surface area contributed by atoms with Gasteiger partial charge >= 0.3 is 0 Å². The summed E-state index contributed by atoms with van der Waals surface area (Å²) in [5, 5.41) is 12.7. The second-order valence-corrected chi connectivity index (χ2v) is 6.83. The third-order valence-corrected chi connectivity index (χ3v) is 4.96. The van der Waals surface area contributed by atoms with Gasteiger partial charge in [0.05, 0.1) is 13.2 Å². The smallest absolute Gasteiger partial charge is 0.276 e. The Morgan fingerprint density at radius 2 is 2.07 bits per heavy atom. The number of pyridine rings is 1. The fourth-order valence-electron chi connectivity index (χ4n) is 3.48. The first-order valence-corrected chi connectivity index (χ1v) is 8.98. The first-order valence-electron chi connectivity index (χ1n) is 8.98.